The minimum atomic E-state index is -0.105. The van der Waals surface area contributed by atoms with Gasteiger partial charge in [0.1, 0.15) is 0 Å². The number of fused-ring (bicyclic) bond motifs is 3. The van der Waals surface area contributed by atoms with E-state index in [-0.39, 0.29) is 12.3 Å². The number of anilines is 1. The summed E-state index contributed by atoms with van der Waals surface area (Å²) in [6, 6.07) is 7.66. The molecule has 0 bridgehead atoms. The molecule has 0 radical (unpaired) electrons. The molecule has 5 nitrogen and oxygen atoms in total. The van der Waals surface area contributed by atoms with Gasteiger partial charge in [0.2, 0.25) is 11.9 Å². The maximum Gasteiger partial charge on any atom is 0.232 e. The third-order valence-electron chi connectivity index (χ3n) is 2.46. The molecule has 0 aliphatic carbocycles. The van der Waals surface area contributed by atoms with Crippen LogP contribution in [0, 0.1) is 0 Å². The van der Waals surface area contributed by atoms with E-state index in [2.05, 4.69) is 22.3 Å². The fourth-order valence-electron chi connectivity index (χ4n) is 1.78. The molecule has 0 saturated heterocycles. The summed E-state index contributed by atoms with van der Waals surface area (Å²) >= 11 is 0. The lowest BCUT2D eigenvalue weighted by Crippen LogP contribution is -2.12. The second kappa shape index (κ2) is 3.10. The second-order valence-electron chi connectivity index (χ2n) is 3.70. The molecule has 2 aromatic rings. The van der Waals surface area contributed by atoms with E-state index in [9.17, 15) is 4.79 Å². The zero-order valence-electron chi connectivity index (χ0n) is 8.53. The Balaban J connectivity index is 2.25. The van der Waals surface area contributed by atoms with Gasteiger partial charge in [-0.2, -0.15) is 0 Å². The minimum absolute atomic E-state index is 0.105. The van der Waals surface area contributed by atoms with Crippen molar-refractivity contribution < 1.29 is 4.79 Å². The van der Waals surface area contributed by atoms with Crippen molar-refractivity contribution in [2.24, 2.45) is 0 Å². The van der Waals surface area contributed by atoms with E-state index in [0.717, 1.165) is 11.0 Å². The molecule has 16 heavy (non-hydrogen) atoms. The number of aromatic nitrogens is 2. The molecular weight excluding hydrogens is 204 g/mol. The predicted molar refractivity (Wildman–Crippen MR) is 61.5 cm³/mol. The van der Waals surface area contributed by atoms with Crippen molar-refractivity contribution >= 4 is 22.9 Å². The second-order valence-corrected chi connectivity index (χ2v) is 3.70. The SMILES string of the molecule is C=C1CC(=O)Nc2nc3ccccc3n2N1. The molecule has 3 rings (SSSR count). The molecule has 80 valence electrons. The smallest absolute Gasteiger partial charge is 0.232 e. The van der Waals surface area contributed by atoms with E-state index in [1.165, 1.54) is 0 Å². The first-order valence-electron chi connectivity index (χ1n) is 4.96. The number of hydrogen-bond acceptors (Lipinski definition) is 3. The van der Waals surface area contributed by atoms with Crippen molar-refractivity contribution in [2.75, 3.05) is 10.7 Å². The van der Waals surface area contributed by atoms with E-state index in [0.29, 0.717) is 11.6 Å². The van der Waals surface area contributed by atoms with Crippen LogP contribution >= 0.6 is 0 Å². The molecule has 1 aliphatic rings. The Morgan fingerprint density at radius 3 is 3.06 bits per heavy atom. The minimum Gasteiger partial charge on any atom is -0.295 e. The van der Waals surface area contributed by atoms with E-state index in [1.54, 1.807) is 4.68 Å². The van der Waals surface area contributed by atoms with Crippen LogP contribution in [0.3, 0.4) is 0 Å². The Morgan fingerprint density at radius 1 is 1.38 bits per heavy atom. The number of hydrogen-bond donors (Lipinski definition) is 2. The number of benzene rings is 1. The van der Waals surface area contributed by atoms with Crippen LogP contribution in [0.5, 0.6) is 0 Å². The van der Waals surface area contributed by atoms with Gasteiger partial charge in [0.25, 0.3) is 0 Å². The number of nitrogens with one attached hydrogen (secondary N) is 2. The number of imidazole rings is 1. The fourth-order valence-corrected chi connectivity index (χ4v) is 1.78. The molecule has 0 fully saturated rings. The summed E-state index contributed by atoms with van der Waals surface area (Å²) in [4.78, 5) is 15.8. The van der Waals surface area contributed by atoms with E-state index in [1.807, 2.05) is 24.3 Å². The highest BCUT2D eigenvalue weighted by molar-refractivity contribution is 5.94. The lowest BCUT2D eigenvalue weighted by Gasteiger charge is -2.07. The summed E-state index contributed by atoms with van der Waals surface area (Å²) in [6.45, 7) is 3.79. The molecule has 2 N–H and O–H groups in total. The highest BCUT2D eigenvalue weighted by Crippen LogP contribution is 2.21. The van der Waals surface area contributed by atoms with Crippen LogP contribution < -0.4 is 10.7 Å². The topological polar surface area (TPSA) is 59.0 Å². The Hall–Kier alpha value is -2.30. The third-order valence-corrected chi connectivity index (χ3v) is 2.46. The Bertz CT molecular complexity index is 599. The van der Waals surface area contributed by atoms with Gasteiger partial charge < -0.3 is 0 Å². The van der Waals surface area contributed by atoms with E-state index < -0.39 is 0 Å². The normalized spacial score (nSPS) is 15.2. The number of carbonyl (C=O) groups is 1. The Kier molecular flexibility index (Phi) is 1.73. The van der Waals surface area contributed by atoms with Crippen molar-refractivity contribution in [3.63, 3.8) is 0 Å². The molecule has 1 aromatic heterocycles. The fraction of sp³-hybridized carbons (Fsp3) is 0.0909. The molecule has 2 heterocycles. The Labute approximate surface area is 91.7 Å². The van der Waals surface area contributed by atoms with Gasteiger partial charge in [0, 0.05) is 5.70 Å². The van der Waals surface area contributed by atoms with Gasteiger partial charge in [0.15, 0.2) is 0 Å². The molecule has 0 spiro atoms. The van der Waals surface area contributed by atoms with Crippen LogP contribution in [0.4, 0.5) is 5.95 Å². The molecule has 0 atom stereocenters. The quantitative estimate of drug-likeness (QED) is 0.697. The summed E-state index contributed by atoms with van der Waals surface area (Å²) < 4.78 is 1.74. The van der Waals surface area contributed by atoms with Crippen molar-refractivity contribution in [1.82, 2.24) is 9.66 Å². The summed E-state index contributed by atoms with van der Waals surface area (Å²) in [5, 5.41) is 2.73. The molecule has 5 heteroatoms. The van der Waals surface area contributed by atoms with Crippen LogP contribution in [0.1, 0.15) is 6.42 Å². The van der Waals surface area contributed by atoms with Gasteiger partial charge in [-0.05, 0) is 12.1 Å². The number of rotatable bonds is 0. The van der Waals surface area contributed by atoms with Gasteiger partial charge in [-0.1, -0.05) is 18.7 Å². The number of nitrogens with zero attached hydrogens (tertiary/aromatic N) is 2. The lowest BCUT2D eigenvalue weighted by atomic mass is 10.3. The first kappa shape index (κ1) is 8.96. The molecule has 0 saturated carbocycles. The predicted octanol–water partition coefficient (Wildman–Crippen LogP) is 1.44. The first-order chi connectivity index (χ1) is 7.74. The summed E-state index contributed by atoms with van der Waals surface area (Å²) in [6.07, 6.45) is 0.262. The average Bonchev–Trinajstić information content (AvgIpc) is 2.49. The average molecular weight is 214 g/mol. The molecule has 1 aliphatic heterocycles. The summed E-state index contributed by atoms with van der Waals surface area (Å²) in [5.41, 5.74) is 5.46. The number of carbonyl (C=O) groups excluding carboxylic acids is 1. The standard InChI is InChI=1S/C11H10N4O/c1-7-6-10(16)13-11-12-8-4-2-3-5-9(8)15(11)14-7/h2-5,14H,1,6H2,(H,12,13,16). The zero-order valence-corrected chi connectivity index (χ0v) is 8.53. The number of para-hydroxylation sites is 2. The van der Waals surface area contributed by atoms with E-state index in [4.69, 9.17) is 0 Å². The van der Waals surface area contributed by atoms with Crippen LogP contribution in [-0.2, 0) is 4.79 Å². The van der Waals surface area contributed by atoms with Gasteiger partial charge in [-0.15, -0.1) is 0 Å². The lowest BCUT2D eigenvalue weighted by molar-refractivity contribution is -0.115. The molecular formula is C11H10N4O. The maximum atomic E-state index is 11.5. The van der Waals surface area contributed by atoms with Gasteiger partial charge >= 0.3 is 0 Å². The summed E-state index contributed by atoms with van der Waals surface area (Å²) in [7, 11) is 0. The monoisotopic (exact) mass is 214 g/mol. The highest BCUT2D eigenvalue weighted by Gasteiger charge is 2.18. The molecule has 1 aromatic carbocycles. The van der Waals surface area contributed by atoms with Gasteiger partial charge in [-0.25, -0.2) is 9.66 Å². The van der Waals surface area contributed by atoms with Crippen LogP contribution in [0.25, 0.3) is 11.0 Å². The van der Waals surface area contributed by atoms with Crippen molar-refractivity contribution in [1.29, 1.82) is 0 Å². The largest absolute Gasteiger partial charge is 0.295 e. The summed E-state index contributed by atoms with van der Waals surface area (Å²) in [5.74, 6) is 0.399. The van der Waals surface area contributed by atoms with Crippen LogP contribution in [-0.4, -0.2) is 15.6 Å². The van der Waals surface area contributed by atoms with Gasteiger partial charge in [0.05, 0.1) is 17.5 Å². The van der Waals surface area contributed by atoms with Crippen LogP contribution in [0.2, 0.25) is 0 Å². The zero-order chi connectivity index (χ0) is 11.1. The van der Waals surface area contributed by atoms with Crippen molar-refractivity contribution in [2.45, 2.75) is 6.42 Å². The maximum absolute atomic E-state index is 11.5. The first-order valence-corrected chi connectivity index (χ1v) is 4.96. The third kappa shape index (κ3) is 1.25. The van der Waals surface area contributed by atoms with Gasteiger partial charge in [-0.3, -0.25) is 15.5 Å². The molecule has 0 unspecified atom stereocenters. The highest BCUT2D eigenvalue weighted by atomic mass is 16.1. The number of amides is 1. The van der Waals surface area contributed by atoms with Crippen molar-refractivity contribution in [3.8, 4) is 0 Å². The van der Waals surface area contributed by atoms with Crippen molar-refractivity contribution in [3.05, 3.63) is 36.5 Å². The van der Waals surface area contributed by atoms with E-state index >= 15 is 0 Å². The Morgan fingerprint density at radius 2 is 2.19 bits per heavy atom. The molecule has 1 amide bonds. The van der Waals surface area contributed by atoms with Crippen LogP contribution in [0.15, 0.2) is 36.5 Å².